The Morgan fingerprint density at radius 2 is 2.07 bits per heavy atom. The molecule has 3 rings (SSSR count). The molecule has 2 amide bonds. The minimum atomic E-state index is -0.696. The number of hydrogen-bond acceptors (Lipinski definition) is 5. The van der Waals surface area contributed by atoms with Gasteiger partial charge < -0.3 is 14.8 Å². The molecule has 1 heterocycles. The molecule has 0 unspecified atom stereocenters. The van der Waals surface area contributed by atoms with Gasteiger partial charge in [0, 0.05) is 6.54 Å². The molecule has 27 heavy (non-hydrogen) atoms. The number of cyclic esters (lactones) is 1. The molecular weight excluding hydrogens is 346 g/mol. The Hall–Kier alpha value is -3.53. The van der Waals surface area contributed by atoms with E-state index in [9.17, 15) is 9.59 Å². The number of amides is 2. The van der Waals surface area contributed by atoms with Gasteiger partial charge in [-0.3, -0.25) is 9.69 Å². The highest BCUT2D eigenvalue weighted by Gasteiger charge is 2.37. The molecule has 138 valence electrons. The molecule has 0 bridgehead atoms. The second-order valence-corrected chi connectivity index (χ2v) is 6.10. The van der Waals surface area contributed by atoms with Crippen molar-refractivity contribution in [1.29, 1.82) is 5.26 Å². The molecule has 7 heteroatoms. The number of rotatable bonds is 6. The average Bonchev–Trinajstić information content (AvgIpc) is 3.07. The van der Waals surface area contributed by atoms with Crippen LogP contribution < -0.4 is 10.1 Å². The summed E-state index contributed by atoms with van der Waals surface area (Å²) in [5.74, 6) is 0.431. The third-order valence-corrected chi connectivity index (χ3v) is 4.31. The van der Waals surface area contributed by atoms with Crippen LogP contribution in [0.3, 0.4) is 0 Å². The molecule has 2 aromatic carbocycles. The molecule has 0 aromatic heterocycles. The van der Waals surface area contributed by atoms with Crippen LogP contribution in [0.4, 0.5) is 4.79 Å². The van der Waals surface area contributed by atoms with Gasteiger partial charge >= 0.3 is 6.09 Å². The SMILES string of the molecule is COc1cccc(CNC(=O)[C@@H]2COC(=O)N2Cc2ccc(C#N)cc2)c1. The first-order valence-corrected chi connectivity index (χ1v) is 8.44. The van der Waals surface area contributed by atoms with Gasteiger partial charge in [-0.05, 0) is 35.4 Å². The van der Waals surface area contributed by atoms with E-state index in [2.05, 4.69) is 5.32 Å². The number of nitrogens with zero attached hydrogens (tertiary/aromatic N) is 2. The molecule has 1 saturated heterocycles. The largest absolute Gasteiger partial charge is 0.497 e. The van der Waals surface area contributed by atoms with Crippen LogP contribution in [0.25, 0.3) is 0 Å². The number of ether oxygens (including phenoxy) is 2. The van der Waals surface area contributed by atoms with Crippen LogP contribution in [0, 0.1) is 11.3 Å². The van der Waals surface area contributed by atoms with Crippen LogP contribution in [0.5, 0.6) is 5.75 Å². The Bertz CT molecular complexity index is 874. The van der Waals surface area contributed by atoms with E-state index in [0.29, 0.717) is 17.9 Å². The maximum absolute atomic E-state index is 12.6. The van der Waals surface area contributed by atoms with E-state index < -0.39 is 12.1 Å². The lowest BCUT2D eigenvalue weighted by Gasteiger charge is -2.21. The van der Waals surface area contributed by atoms with Crippen LogP contribution in [0.1, 0.15) is 16.7 Å². The van der Waals surface area contributed by atoms with Crippen molar-refractivity contribution < 1.29 is 19.1 Å². The highest BCUT2D eigenvalue weighted by Crippen LogP contribution is 2.18. The Morgan fingerprint density at radius 3 is 2.78 bits per heavy atom. The number of nitrogens with one attached hydrogen (secondary N) is 1. The fourth-order valence-electron chi connectivity index (χ4n) is 2.81. The van der Waals surface area contributed by atoms with Crippen molar-refractivity contribution in [2.24, 2.45) is 0 Å². The van der Waals surface area contributed by atoms with Crippen LogP contribution >= 0.6 is 0 Å². The van der Waals surface area contributed by atoms with Crippen molar-refractivity contribution in [1.82, 2.24) is 10.2 Å². The van der Waals surface area contributed by atoms with Gasteiger partial charge in [-0.2, -0.15) is 5.26 Å². The van der Waals surface area contributed by atoms with Crippen molar-refractivity contribution in [2.75, 3.05) is 13.7 Å². The van der Waals surface area contributed by atoms with Crippen LogP contribution in [-0.4, -0.2) is 36.7 Å². The maximum Gasteiger partial charge on any atom is 0.410 e. The highest BCUT2D eigenvalue weighted by atomic mass is 16.6. The van der Waals surface area contributed by atoms with Crippen LogP contribution in [-0.2, 0) is 22.6 Å². The van der Waals surface area contributed by atoms with Crippen molar-refractivity contribution >= 4 is 12.0 Å². The van der Waals surface area contributed by atoms with E-state index in [1.807, 2.05) is 30.3 Å². The molecule has 0 saturated carbocycles. The van der Waals surface area contributed by atoms with Gasteiger partial charge in [0.25, 0.3) is 0 Å². The first-order chi connectivity index (χ1) is 13.1. The number of benzene rings is 2. The van der Waals surface area contributed by atoms with Crippen LogP contribution in [0.15, 0.2) is 48.5 Å². The molecule has 0 radical (unpaired) electrons. The Morgan fingerprint density at radius 1 is 1.30 bits per heavy atom. The summed E-state index contributed by atoms with van der Waals surface area (Å²) in [6.45, 7) is 0.576. The molecule has 1 fully saturated rings. The third kappa shape index (κ3) is 4.36. The lowest BCUT2D eigenvalue weighted by Crippen LogP contribution is -2.45. The zero-order valence-corrected chi connectivity index (χ0v) is 14.8. The minimum Gasteiger partial charge on any atom is -0.497 e. The summed E-state index contributed by atoms with van der Waals surface area (Å²) < 4.78 is 10.2. The molecule has 1 aliphatic heterocycles. The monoisotopic (exact) mass is 365 g/mol. The summed E-state index contributed by atoms with van der Waals surface area (Å²) >= 11 is 0. The summed E-state index contributed by atoms with van der Waals surface area (Å²) in [7, 11) is 1.58. The van der Waals surface area contributed by atoms with Gasteiger partial charge in [-0.1, -0.05) is 24.3 Å². The zero-order chi connectivity index (χ0) is 19.2. The second kappa shape index (κ2) is 8.23. The summed E-state index contributed by atoms with van der Waals surface area (Å²) in [4.78, 5) is 26.0. The van der Waals surface area contributed by atoms with Gasteiger partial charge in [0.15, 0.2) is 0 Å². The molecule has 0 aliphatic carbocycles. The summed E-state index contributed by atoms with van der Waals surface area (Å²) in [5.41, 5.74) is 2.25. The number of methoxy groups -OCH3 is 1. The van der Waals surface area contributed by atoms with E-state index in [0.717, 1.165) is 11.1 Å². The van der Waals surface area contributed by atoms with Crippen molar-refractivity contribution in [2.45, 2.75) is 19.1 Å². The smallest absolute Gasteiger partial charge is 0.410 e. The number of hydrogen-bond donors (Lipinski definition) is 1. The molecule has 2 aromatic rings. The second-order valence-electron chi connectivity index (χ2n) is 6.10. The average molecular weight is 365 g/mol. The van der Waals surface area contributed by atoms with E-state index >= 15 is 0 Å². The predicted molar refractivity (Wildman–Crippen MR) is 96.7 cm³/mol. The van der Waals surface area contributed by atoms with Crippen molar-refractivity contribution in [3.63, 3.8) is 0 Å². The molecule has 1 atom stereocenters. The molecule has 1 aliphatic rings. The van der Waals surface area contributed by atoms with Crippen molar-refractivity contribution in [3.8, 4) is 11.8 Å². The van der Waals surface area contributed by atoms with Gasteiger partial charge in [0.05, 0.1) is 25.3 Å². The quantitative estimate of drug-likeness (QED) is 0.847. The molecule has 1 N–H and O–H groups in total. The van der Waals surface area contributed by atoms with Gasteiger partial charge in [0.2, 0.25) is 5.91 Å². The number of carbonyl (C=O) groups is 2. The van der Waals surface area contributed by atoms with Gasteiger partial charge in [-0.25, -0.2) is 4.79 Å². The summed E-state index contributed by atoms with van der Waals surface area (Å²) in [5, 5.41) is 11.7. The number of nitriles is 1. The third-order valence-electron chi connectivity index (χ3n) is 4.31. The van der Waals surface area contributed by atoms with Crippen molar-refractivity contribution in [3.05, 3.63) is 65.2 Å². The Balaban J connectivity index is 1.63. The fraction of sp³-hybridized carbons (Fsp3) is 0.250. The number of carbonyl (C=O) groups excluding carboxylic acids is 2. The van der Waals surface area contributed by atoms with E-state index in [1.165, 1.54) is 4.90 Å². The molecule has 0 spiro atoms. The van der Waals surface area contributed by atoms with E-state index in [1.54, 1.807) is 31.4 Å². The fourth-order valence-corrected chi connectivity index (χ4v) is 2.81. The van der Waals surface area contributed by atoms with Crippen LogP contribution in [0.2, 0.25) is 0 Å². The lowest BCUT2D eigenvalue weighted by atomic mass is 10.1. The van der Waals surface area contributed by atoms with E-state index in [4.69, 9.17) is 14.7 Å². The van der Waals surface area contributed by atoms with Gasteiger partial charge in [0.1, 0.15) is 18.4 Å². The normalized spacial score (nSPS) is 15.8. The topological polar surface area (TPSA) is 91.7 Å². The molecular formula is C20H19N3O4. The lowest BCUT2D eigenvalue weighted by molar-refractivity contribution is -0.125. The zero-order valence-electron chi connectivity index (χ0n) is 14.8. The Kier molecular flexibility index (Phi) is 5.57. The predicted octanol–water partition coefficient (Wildman–Crippen LogP) is 2.20. The standard InChI is InChI=1S/C20H19N3O4/c1-26-17-4-2-3-16(9-17)11-22-19(24)18-13-27-20(25)23(18)12-15-7-5-14(10-21)6-8-15/h2-9,18H,11-13H2,1H3,(H,22,24)/t18-/m0/s1. The van der Waals surface area contributed by atoms with E-state index in [-0.39, 0.29) is 19.1 Å². The van der Waals surface area contributed by atoms with Gasteiger partial charge in [-0.15, -0.1) is 0 Å². The molecule has 7 nitrogen and oxygen atoms in total. The highest BCUT2D eigenvalue weighted by molar-refractivity contribution is 5.87. The maximum atomic E-state index is 12.6. The minimum absolute atomic E-state index is 0.0130. The summed E-state index contributed by atoms with van der Waals surface area (Å²) in [6.07, 6.45) is -0.527. The summed E-state index contributed by atoms with van der Waals surface area (Å²) in [6, 6.07) is 15.6. The first kappa shape index (κ1) is 18.3. The Labute approximate surface area is 157 Å². The first-order valence-electron chi connectivity index (χ1n) is 8.44.